The van der Waals surface area contributed by atoms with Gasteiger partial charge in [-0.1, -0.05) is 25.2 Å². The summed E-state index contributed by atoms with van der Waals surface area (Å²) in [6.45, 7) is 1.88. The molecule has 1 atom stereocenters. The van der Waals surface area contributed by atoms with Gasteiger partial charge in [-0.2, -0.15) is 0 Å². The number of nitrogens with two attached hydrogens (primary N) is 1. The number of carbonyl (C=O) groups is 1. The van der Waals surface area contributed by atoms with Crippen molar-refractivity contribution in [3.63, 3.8) is 0 Å². The summed E-state index contributed by atoms with van der Waals surface area (Å²) in [4.78, 5) is 12.2. The first-order valence-electron chi connectivity index (χ1n) is 5.55. The summed E-state index contributed by atoms with van der Waals surface area (Å²) < 4.78 is 0. The smallest absolute Gasteiger partial charge is 0.259 e. The van der Waals surface area contributed by atoms with E-state index in [4.69, 9.17) is 18.0 Å². The Morgan fingerprint density at radius 1 is 1.44 bits per heavy atom. The number of carbonyl (C=O) groups excluding carboxylic acids is 1. The Kier molecular flexibility index (Phi) is 4.91. The van der Waals surface area contributed by atoms with E-state index in [0.717, 1.165) is 0 Å². The van der Waals surface area contributed by atoms with E-state index in [1.165, 1.54) is 18.2 Å². The molecule has 1 unspecified atom stereocenters. The van der Waals surface area contributed by atoms with Crippen LogP contribution in [0.3, 0.4) is 0 Å². The summed E-state index contributed by atoms with van der Waals surface area (Å²) in [5, 5.41) is 21.8. The molecular formula is C12H16N2O3S. The first kappa shape index (κ1) is 14.2. The zero-order valence-corrected chi connectivity index (χ0v) is 10.8. The second-order valence-corrected chi connectivity index (χ2v) is 4.44. The van der Waals surface area contributed by atoms with Gasteiger partial charge < -0.3 is 21.3 Å². The minimum absolute atomic E-state index is 0.140. The minimum Gasteiger partial charge on any atom is -0.507 e. The first-order chi connectivity index (χ1) is 8.45. The molecule has 0 radical (unpaired) electrons. The van der Waals surface area contributed by atoms with Crippen molar-refractivity contribution >= 4 is 23.1 Å². The van der Waals surface area contributed by atoms with Gasteiger partial charge in [-0.15, -0.1) is 0 Å². The average Bonchev–Trinajstić information content (AvgIpc) is 2.27. The maximum absolute atomic E-state index is 11.9. The fraction of sp³-hybridized carbons (Fsp3) is 0.333. The highest BCUT2D eigenvalue weighted by Crippen LogP contribution is 2.26. The van der Waals surface area contributed by atoms with Crippen LogP contribution in [0.25, 0.3) is 0 Å². The highest BCUT2D eigenvalue weighted by atomic mass is 32.1. The zero-order valence-electron chi connectivity index (χ0n) is 10.0. The maximum Gasteiger partial charge on any atom is 0.259 e. The van der Waals surface area contributed by atoms with Gasteiger partial charge in [-0.05, 0) is 18.6 Å². The Bertz CT molecular complexity index is 442. The predicted octanol–water partition coefficient (Wildman–Crippen LogP) is 1.28. The molecule has 0 heterocycles. The van der Waals surface area contributed by atoms with Gasteiger partial charge in [0.2, 0.25) is 0 Å². The van der Waals surface area contributed by atoms with Gasteiger partial charge in [0, 0.05) is 12.5 Å². The molecule has 0 bridgehead atoms. The van der Waals surface area contributed by atoms with E-state index >= 15 is 0 Å². The predicted molar refractivity (Wildman–Crippen MR) is 72.7 cm³/mol. The number of thiocarbonyl (C=S) groups is 1. The average molecular weight is 268 g/mol. The minimum atomic E-state index is -0.547. The molecule has 0 spiro atoms. The highest BCUT2D eigenvalue weighted by Gasteiger charge is 2.19. The molecule has 6 heteroatoms. The Morgan fingerprint density at radius 3 is 2.44 bits per heavy atom. The van der Waals surface area contributed by atoms with E-state index in [-0.39, 0.29) is 23.1 Å². The van der Waals surface area contributed by atoms with Crippen LogP contribution in [-0.2, 0) is 0 Å². The first-order valence-corrected chi connectivity index (χ1v) is 5.96. The topological polar surface area (TPSA) is 95.6 Å². The van der Waals surface area contributed by atoms with Crippen molar-refractivity contribution in [3.8, 4) is 11.5 Å². The Balaban J connectivity index is 2.84. The van der Waals surface area contributed by atoms with Crippen molar-refractivity contribution in [2.75, 3.05) is 0 Å². The standard InChI is InChI=1S/C12H16N2O3S/c1-2-7(6-10(13)18)14-12(17)11-8(15)4-3-5-9(11)16/h3-5,7,15-16H,2,6H2,1H3,(H2,13,18)(H,14,17). The van der Waals surface area contributed by atoms with Gasteiger partial charge in [0.05, 0.1) is 4.99 Å². The molecule has 0 aliphatic rings. The van der Waals surface area contributed by atoms with Gasteiger partial charge in [0.1, 0.15) is 17.1 Å². The molecule has 0 saturated heterocycles. The third-order valence-electron chi connectivity index (χ3n) is 2.52. The molecule has 18 heavy (non-hydrogen) atoms. The van der Waals surface area contributed by atoms with Crippen LogP contribution >= 0.6 is 12.2 Å². The number of hydrogen-bond acceptors (Lipinski definition) is 4. The van der Waals surface area contributed by atoms with Gasteiger partial charge in [0.25, 0.3) is 5.91 Å². The van der Waals surface area contributed by atoms with Crippen molar-refractivity contribution in [2.45, 2.75) is 25.8 Å². The third-order valence-corrected chi connectivity index (χ3v) is 2.69. The van der Waals surface area contributed by atoms with E-state index in [1.54, 1.807) is 0 Å². The largest absolute Gasteiger partial charge is 0.507 e. The zero-order chi connectivity index (χ0) is 13.7. The molecular weight excluding hydrogens is 252 g/mol. The van der Waals surface area contributed by atoms with Crippen LogP contribution in [0, 0.1) is 0 Å². The normalized spacial score (nSPS) is 11.8. The summed E-state index contributed by atoms with van der Waals surface area (Å²) in [6, 6.07) is 3.91. The summed E-state index contributed by atoms with van der Waals surface area (Å²) in [5.41, 5.74) is 5.28. The summed E-state index contributed by atoms with van der Waals surface area (Å²) >= 11 is 4.79. The molecule has 1 aromatic carbocycles. The lowest BCUT2D eigenvalue weighted by Crippen LogP contribution is -2.37. The number of rotatable bonds is 5. The van der Waals surface area contributed by atoms with Gasteiger partial charge >= 0.3 is 0 Å². The molecule has 0 fully saturated rings. The quantitative estimate of drug-likeness (QED) is 0.603. The number of phenols is 2. The Morgan fingerprint density at radius 2 is 2.00 bits per heavy atom. The van der Waals surface area contributed by atoms with Crippen molar-refractivity contribution in [1.82, 2.24) is 5.32 Å². The molecule has 0 saturated carbocycles. The number of phenolic OH excluding ortho intramolecular Hbond substituents is 2. The molecule has 1 rings (SSSR count). The molecule has 5 nitrogen and oxygen atoms in total. The lowest BCUT2D eigenvalue weighted by molar-refractivity contribution is 0.0931. The molecule has 98 valence electrons. The molecule has 0 aromatic heterocycles. The molecule has 1 aromatic rings. The van der Waals surface area contributed by atoms with E-state index in [0.29, 0.717) is 17.8 Å². The third kappa shape index (κ3) is 3.59. The van der Waals surface area contributed by atoms with Crippen LogP contribution in [0.2, 0.25) is 0 Å². The van der Waals surface area contributed by atoms with Gasteiger partial charge in [0.15, 0.2) is 0 Å². The van der Waals surface area contributed by atoms with E-state index in [2.05, 4.69) is 5.32 Å². The van der Waals surface area contributed by atoms with Crippen LogP contribution in [0.5, 0.6) is 11.5 Å². The van der Waals surface area contributed by atoms with Crippen molar-refractivity contribution in [2.24, 2.45) is 5.73 Å². The van der Waals surface area contributed by atoms with Gasteiger partial charge in [-0.25, -0.2) is 0 Å². The number of amides is 1. The SMILES string of the molecule is CCC(CC(N)=S)NC(=O)c1c(O)cccc1O. The number of aromatic hydroxyl groups is 2. The fourth-order valence-electron chi connectivity index (χ4n) is 1.56. The molecule has 5 N–H and O–H groups in total. The van der Waals surface area contributed by atoms with Crippen LogP contribution in [0.4, 0.5) is 0 Å². The van der Waals surface area contributed by atoms with Crippen molar-refractivity contribution in [3.05, 3.63) is 23.8 Å². The van der Waals surface area contributed by atoms with Crippen molar-refractivity contribution in [1.29, 1.82) is 0 Å². The van der Waals surface area contributed by atoms with Crippen LogP contribution in [0.15, 0.2) is 18.2 Å². The van der Waals surface area contributed by atoms with Crippen LogP contribution in [-0.4, -0.2) is 27.2 Å². The summed E-state index contributed by atoms with van der Waals surface area (Å²) in [6.07, 6.45) is 1.03. The fourth-order valence-corrected chi connectivity index (χ4v) is 1.76. The molecule has 0 aliphatic carbocycles. The Hall–Kier alpha value is -1.82. The Labute approximate surface area is 111 Å². The highest BCUT2D eigenvalue weighted by molar-refractivity contribution is 7.80. The van der Waals surface area contributed by atoms with Crippen LogP contribution in [0.1, 0.15) is 30.1 Å². The van der Waals surface area contributed by atoms with Crippen molar-refractivity contribution < 1.29 is 15.0 Å². The lowest BCUT2D eigenvalue weighted by Gasteiger charge is -2.17. The van der Waals surface area contributed by atoms with Crippen LogP contribution < -0.4 is 11.1 Å². The summed E-state index contributed by atoms with van der Waals surface area (Å²) in [7, 11) is 0. The maximum atomic E-state index is 11.9. The molecule has 1 amide bonds. The monoisotopic (exact) mass is 268 g/mol. The summed E-state index contributed by atoms with van der Waals surface area (Å²) in [5.74, 6) is -1.08. The number of hydrogen-bond donors (Lipinski definition) is 4. The second-order valence-electron chi connectivity index (χ2n) is 3.92. The number of nitrogens with one attached hydrogen (secondary N) is 1. The van der Waals surface area contributed by atoms with E-state index < -0.39 is 5.91 Å². The van der Waals surface area contributed by atoms with E-state index in [9.17, 15) is 15.0 Å². The second kappa shape index (κ2) is 6.20. The number of benzene rings is 1. The lowest BCUT2D eigenvalue weighted by atomic mass is 10.1. The van der Waals surface area contributed by atoms with E-state index in [1.807, 2.05) is 6.92 Å². The molecule has 0 aliphatic heterocycles. The van der Waals surface area contributed by atoms with Gasteiger partial charge in [-0.3, -0.25) is 4.79 Å².